The van der Waals surface area contributed by atoms with Gasteiger partial charge in [0.15, 0.2) is 11.3 Å². The van der Waals surface area contributed by atoms with Gasteiger partial charge < -0.3 is 19.6 Å². The second-order valence-electron chi connectivity index (χ2n) is 8.06. The lowest BCUT2D eigenvalue weighted by Crippen LogP contribution is -2.50. The van der Waals surface area contributed by atoms with Crippen LogP contribution in [0.1, 0.15) is 17.4 Å². The number of carbonyl (C=O) groups is 1. The minimum absolute atomic E-state index is 0.0574. The smallest absolute Gasteiger partial charge is 0.360 e. The van der Waals surface area contributed by atoms with Gasteiger partial charge >= 0.3 is 21.7 Å². The molecule has 2 aromatic rings. The zero-order chi connectivity index (χ0) is 23.4. The van der Waals surface area contributed by atoms with Crippen LogP contribution in [0, 0.1) is 0 Å². The summed E-state index contributed by atoms with van der Waals surface area (Å²) in [5, 5.41) is 10.3. The topological polar surface area (TPSA) is 128 Å². The fourth-order valence-electron chi connectivity index (χ4n) is 3.95. The lowest BCUT2D eigenvalue weighted by atomic mass is 10.2. The Labute approximate surface area is 185 Å². The Hall–Kier alpha value is -2.90. The van der Waals surface area contributed by atoms with Gasteiger partial charge in [0.1, 0.15) is 0 Å². The monoisotopic (exact) mass is 466 g/mol. The summed E-state index contributed by atoms with van der Waals surface area (Å²) in [6.07, 6.45) is 1.51. The number of esters is 1. The van der Waals surface area contributed by atoms with Gasteiger partial charge in [0, 0.05) is 52.0 Å². The molecule has 13 heteroatoms. The molecule has 0 aromatic carbocycles. The molecule has 1 unspecified atom stereocenters. The Morgan fingerprint density at radius 1 is 1.22 bits per heavy atom. The van der Waals surface area contributed by atoms with Crippen molar-refractivity contribution in [3.05, 3.63) is 28.3 Å². The molecule has 0 radical (unpaired) electrons. The SMILES string of the molecule is COC(=O)c1nc2c(N3CCN(C)S3(=O)=O)cc(N3CCN(C)C(C)C3)cn2c(=O)c1O. The van der Waals surface area contributed by atoms with Gasteiger partial charge in [-0.1, -0.05) is 0 Å². The fourth-order valence-corrected chi connectivity index (χ4v) is 5.30. The second kappa shape index (κ2) is 7.90. The van der Waals surface area contributed by atoms with Crippen LogP contribution in [0.15, 0.2) is 17.1 Å². The molecule has 0 saturated carbocycles. The predicted octanol–water partition coefficient (Wildman–Crippen LogP) is -0.676. The molecule has 1 N–H and O–H groups in total. The van der Waals surface area contributed by atoms with E-state index < -0.39 is 33.2 Å². The van der Waals surface area contributed by atoms with Crippen LogP contribution in [-0.4, -0.2) is 98.1 Å². The second-order valence-corrected chi connectivity index (χ2v) is 10.0. The van der Waals surface area contributed by atoms with Crippen molar-refractivity contribution >= 4 is 33.2 Å². The average molecular weight is 467 g/mol. The molecule has 2 aromatic heterocycles. The van der Waals surface area contributed by atoms with E-state index >= 15 is 0 Å². The number of pyridine rings is 1. The van der Waals surface area contributed by atoms with E-state index in [0.717, 1.165) is 22.4 Å². The standard InChI is InChI=1S/C19H26N6O6S/c1-12-10-23(7-5-21(12)2)13-9-14(25-8-6-22(3)32(25,29)30)17-20-15(19(28)31-4)16(26)18(27)24(17)11-13/h9,11-12,26H,5-8,10H2,1-4H3. The molecule has 0 spiro atoms. The maximum absolute atomic E-state index is 13.0. The van der Waals surface area contributed by atoms with Crippen LogP contribution in [0.4, 0.5) is 11.4 Å². The van der Waals surface area contributed by atoms with E-state index in [0.29, 0.717) is 18.8 Å². The fraction of sp³-hybridized carbons (Fsp3) is 0.526. The van der Waals surface area contributed by atoms with Gasteiger partial charge in [0.05, 0.1) is 18.5 Å². The Balaban J connectivity index is 1.98. The van der Waals surface area contributed by atoms with Gasteiger partial charge in [0.25, 0.3) is 0 Å². The van der Waals surface area contributed by atoms with Gasteiger partial charge in [-0.15, -0.1) is 0 Å². The summed E-state index contributed by atoms with van der Waals surface area (Å²) in [7, 11) is 0.764. The zero-order valence-corrected chi connectivity index (χ0v) is 19.2. The van der Waals surface area contributed by atoms with Gasteiger partial charge in [-0.3, -0.25) is 13.5 Å². The van der Waals surface area contributed by atoms with Crippen molar-refractivity contribution in [1.82, 2.24) is 18.6 Å². The molecule has 0 bridgehead atoms. The minimum Gasteiger partial charge on any atom is -0.501 e. The number of carbonyl (C=O) groups excluding carboxylic acids is 1. The van der Waals surface area contributed by atoms with Gasteiger partial charge in [-0.2, -0.15) is 12.7 Å². The summed E-state index contributed by atoms with van der Waals surface area (Å²) in [6, 6.07) is 1.91. The van der Waals surface area contributed by atoms with Gasteiger partial charge in [-0.25, -0.2) is 9.78 Å². The molecule has 2 aliphatic rings. The number of hydrogen-bond donors (Lipinski definition) is 1. The molecule has 12 nitrogen and oxygen atoms in total. The number of ether oxygens (including phenoxy) is 1. The zero-order valence-electron chi connectivity index (χ0n) is 18.3. The first-order valence-electron chi connectivity index (χ1n) is 10.1. The van der Waals surface area contributed by atoms with Gasteiger partial charge in [0.2, 0.25) is 5.75 Å². The van der Waals surface area contributed by atoms with Crippen molar-refractivity contribution in [3.8, 4) is 5.75 Å². The van der Waals surface area contributed by atoms with Crippen molar-refractivity contribution in [2.75, 3.05) is 63.1 Å². The summed E-state index contributed by atoms with van der Waals surface area (Å²) < 4.78 is 33.9. The number of methoxy groups -OCH3 is 1. The molecule has 1 atom stereocenters. The quantitative estimate of drug-likeness (QED) is 0.585. The maximum Gasteiger partial charge on any atom is 0.360 e. The van der Waals surface area contributed by atoms with Gasteiger partial charge in [-0.05, 0) is 20.0 Å². The summed E-state index contributed by atoms with van der Waals surface area (Å²) >= 11 is 0. The largest absolute Gasteiger partial charge is 0.501 e. The van der Waals surface area contributed by atoms with E-state index in [9.17, 15) is 23.1 Å². The van der Waals surface area contributed by atoms with E-state index in [1.807, 2.05) is 7.05 Å². The highest BCUT2D eigenvalue weighted by Gasteiger charge is 2.36. The molecule has 4 rings (SSSR count). The Kier molecular flexibility index (Phi) is 5.51. The Morgan fingerprint density at radius 2 is 1.94 bits per heavy atom. The van der Waals surface area contributed by atoms with Crippen LogP contribution in [0.5, 0.6) is 5.75 Å². The number of aromatic nitrogens is 2. The van der Waals surface area contributed by atoms with E-state index in [1.165, 1.54) is 17.5 Å². The van der Waals surface area contributed by atoms with Crippen LogP contribution in [0.25, 0.3) is 5.65 Å². The lowest BCUT2D eigenvalue weighted by Gasteiger charge is -2.39. The van der Waals surface area contributed by atoms with Crippen molar-refractivity contribution in [3.63, 3.8) is 0 Å². The molecule has 2 saturated heterocycles. The molecular formula is C19H26N6O6S. The summed E-state index contributed by atoms with van der Waals surface area (Å²) in [5.41, 5.74) is -0.736. The van der Waals surface area contributed by atoms with Crippen molar-refractivity contribution in [2.24, 2.45) is 0 Å². The third-order valence-electron chi connectivity index (χ3n) is 6.13. The summed E-state index contributed by atoms with van der Waals surface area (Å²) in [5.74, 6) is -1.85. The number of piperazine rings is 1. The van der Waals surface area contributed by atoms with E-state index in [1.54, 1.807) is 6.07 Å². The summed E-state index contributed by atoms with van der Waals surface area (Å²) in [6.45, 7) is 4.63. The third kappa shape index (κ3) is 3.45. The molecule has 174 valence electrons. The number of likely N-dealkylation sites (N-methyl/N-ethyl adjacent to an activating group) is 2. The Bertz CT molecular complexity index is 1250. The van der Waals surface area contributed by atoms with Crippen molar-refractivity contribution in [2.45, 2.75) is 13.0 Å². The van der Waals surface area contributed by atoms with E-state index in [2.05, 4.69) is 26.4 Å². The highest BCUT2D eigenvalue weighted by molar-refractivity contribution is 7.90. The first-order chi connectivity index (χ1) is 15.1. The molecule has 0 amide bonds. The number of hydrogen-bond acceptors (Lipinski definition) is 9. The maximum atomic E-state index is 13.0. The predicted molar refractivity (Wildman–Crippen MR) is 118 cm³/mol. The molecule has 2 aliphatic heterocycles. The average Bonchev–Trinajstić information content (AvgIpc) is 3.03. The van der Waals surface area contributed by atoms with E-state index in [4.69, 9.17) is 0 Å². The third-order valence-corrected chi connectivity index (χ3v) is 8.04. The van der Waals surface area contributed by atoms with Crippen LogP contribution in [0.2, 0.25) is 0 Å². The van der Waals surface area contributed by atoms with E-state index in [-0.39, 0.29) is 30.5 Å². The first kappa shape index (κ1) is 22.3. The number of aromatic hydroxyl groups is 1. The molecule has 2 fully saturated rings. The molecular weight excluding hydrogens is 440 g/mol. The van der Waals surface area contributed by atoms with Crippen LogP contribution >= 0.6 is 0 Å². The van der Waals surface area contributed by atoms with Crippen LogP contribution in [-0.2, 0) is 14.9 Å². The normalized spacial score (nSPS) is 21.9. The number of fused-ring (bicyclic) bond motifs is 1. The minimum atomic E-state index is -3.83. The summed E-state index contributed by atoms with van der Waals surface area (Å²) in [4.78, 5) is 33.5. The highest BCUT2D eigenvalue weighted by atomic mass is 32.2. The molecule has 4 heterocycles. The first-order valence-corrected chi connectivity index (χ1v) is 11.5. The number of rotatable bonds is 3. The van der Waals surface area contributed by atoms with Crippen LogP contribution in [0.3, 0.4) is 0 Å². The molecule has 32 heavy (non-hydrogen) atoms. The van der Waals surface area contributed by atoms with Crippen molar-refractivity contribution < 1.29 is 23.1 Å². The van der Waals surface area contributed by atoms with Crippen LogP contribution < -0.4 is 14.8 Å². The van der Waals surface area contributed by atoms with Crippen molar-refractivity contribution in [1.29, 1.82) is 0 Å². The molecule has 0 aliphatic carbocycles. The number of anilines is 2. The lowest BCUT2D eigenvalue weighted by molar-refractivity contribution is 0.0590. The Morgan fingerprint density at radius 3 is 2.53 bits per heavy atom. The number of nitrogens with zero attached hydrogens (tertiary/aromatic N) is 6. The highest BCUT2D eigenvalue weighted by Crippen LogP contribution is 2.32.